The number of hydrogen-bond donors (Lipinski definition) is 1. The van der Waals surface area contributed by atoms with Crippen LogP contribution in [0.5, 0.6) is 17.2 Å². The van der Waals surface area contributed by atoms with Gasteiger partial charge in [-0.25, -0.2) is 5.43 Å². The van der Waals surface area contributed by atoms with E-state index in [-0.39, 0.29) is 12.5 Å². The smallest absolute Gasteiger partial charge is 0.277 e. The molecule has 6 nitrogen and oxygen atoms in total. The van der Waals surface area contributed by atoms with Crippen molar-refractivity contribution in [1.82, 2.24) is 5.43 Å². The highest BCUT2D eigenvalue weighted by Crippen LogP contribution is 2.22. The van der Waals surface area contributed by atoms with E-state index in [2.05, 4.69) is 10.5 Å². The lowest BCUT2D eigenvalue weighted by atomic mass is 10.2. The average molecular weight is 363 g/mol. The topological polar surface area (TPSA) is 69.2 Å². The second-order valence-corrected chi connectivity index (χ2v) is 5.54. The molecular weight excluding hydrogens is 344 g/mol. The molecule has 132 valence electrons. The van der Waals surface area contributed by atoms with Crippen molar-refractivity contribution in [3.8, 4) is 17.2 Å². The van der Waals surface area contributed by atoms with E-state index < -0.39 is 0 Å². The molecule has 0 fully saturated rings. The molecule has 0 aliphatic carbocycles. The molecule has 0 atom stereocenters. The number of hydrazone groups is 1. The number of carbonyl (C=O) groups is 1. The Morgan fingerprint density at radius 1 is 1.16 bits per heavy atom. The van der Waals surface area contributed by atoms with Crippen molar-refractivity contribution in [3.63, 3.8) is 0 Å². The molecule has 0 saturated heterocycles. The molecular formula is C18H19ClN2O4. The van der Waals surface area contributed by atoms with E-state index in [1.165, 1.54) is 6.21 Å². The number of rotatable bonds is 7. The van der Waals surface area contributed by atoms with Crippen LogP contribution in [0.25, 0.3) is 0 Å². The summed E-state index contributed by atoms with van der Waals surface area (Å²) in [5.74, 6) is 1.49. The lowest BCUT2D eigenvalue weighted by Gasteiger charge is -2.08. The molecule has 1 N–H and O–H groups in total. The van der Waals surface area contributed by atoms with Crippen molar-refractivity contribution in [3.05, 3.63) is 52.5 Å². The number of amides is 1. The van der Waals surface area contributed by atoms with Crippen LogP contribution in [-0.4, -0.2) is 32.9 Å². The van der Waals surface area contributed by atoms with E-state index in [0.717, 1.165) is 5.56 Å². The van der Waals surface area contributed by atoms with Gasteiger partial charge in [0.15, 0.2) is 6.61 Å². The van der Waals surface area contributed by atoms with Crippen LogP contribution in [0.3, 0.4) is 0 Å². The number of aryl methyl sites for hydroxylation is 1. The van der Waals surface area contributed by atoms with E-state index in [0.29, 0.717) is 27.8 Å². The van der Waals surface area contributed by atoms with Crippen LogP contribution in [0.2, 0.25) is 5.02 Å². The first-order valence-corrected chi connectivity index (χ1v) is 7.84. The molecule has 0 saturated carbocycles. The summed E-state index contributed by atoms with van der Waals surface area (Å²) >= 11 is 5.88. The molecule has 0 spiro atoms. The summed E-state index contributed by atoms with van der Waals surface area (Å²) in [5.41, 5.74) is 3.93. The summed E-state index contributed by atoms with van der Waals surface area (Å²) in [6, 6.07) is 10.5. The fourth-order valence-corrected chi connectivity index (χ4v) is 2.29. The van der Waals surface area contributed by atoms with Gasteiger partial charge in [0.2, 0.25) is 0 Å². The molecule has 1 amide bonds. The second kappa shape index (κ2) is 8.94. The molecule has 2 rings (SSSR count). The zero-order chi connectivity index (χ0) is 18.2. The Bertz CT molecular complexity index is 778. The Labute approximate surface area is 151 Å². The maximum atomic E-state index is 11.8. The van der Waals surface area contributed by atoms with Crippen LogP contribution in [0.1, 0.15) is 11.1 Å². The second-order valence-electron chi connectivity index (χ2n) is 5.10. The van der Waals surface area contributed by atoms with E-state index in [1.54, 1.807) is 50.6 Å². The number of halogens is 1. The van der Waals surface area contributed by atoms with Crippen LogP contribution < -0.4 is 19.6 Å². The van der Waals surface area contributed by atoms with E-state index >= 15 is 0 Å². The highest BCUT2D eigenvalue weighted by Gasteiger charge is 2.06. The van der Waals surface area contributed by atoms with Gasteiger partial charge >= 0.3 is 0 Å². The fourth-order valence-electron chi connectivity index (χ4n) is 2.06. The van der Waals surface area contributed by atoms with Crippen molar-refractivity contribution in [2.24, 2.45) is 5.10 Å². The van der Waals surface area contributed by atoms with E-state index in [9.17, 15) is 4.79 Å². The third kappa shape index (κ3) is 5.39. The Balaban J connectivity index is 1.92. The zero-order valence-electron chi connectivity index (χ0n) is 14.2. The Morgan fingerprint density at radius 2 is 1.92 bits per heavy atom. The lowest BCUT2D eigenvalue weighted by Crippen LogP contribution is -2.24. The van der Waals surface area contributed by atoms with Crippen molar-refractivity contribution in [2.45, 2.75) is 6.92 Å². The van der Waals surface area contributed by atoms with Gasteiger partial charge in [-0.05, 0) is 48.9 Å². The highest BCUT2D eigenvalue weighted by atomic mass is 35.5. The van der Waals surface area contributed by atoms with Crippen molar-refractivity contribution >= 4 is 23.7 Å². The summed E-state index contributed by atoms with van der Waals surface area (Å²) in [4.78, 5) is 11.8. The zero-order valence-corrected chi connectivity index (χ0v) is 15.0. The van der Waals surface area contributed by atoms with Crippen LogP contribution in [0, 0.1) is 6.92 Å². The lowest BCUT2D eigenvalue weighted by molar-refractivity contribution is -0.123. The molecule has 0 bridgehead atoms. The molecule has 0 aromatic heterocycles. The molecule has 0 aliphatic rings. The Hall–Kier alpha value is -2.73. The maximum absolute atomic E-state index is 11.8. The molecule has 0 radical (unpaired) electrons. The predicted molar refractivity (Wildman–Crippen MR) is 97.0 cm³/mol. The van der Waals surface area contributed by atoms with Crippen LogP contribution >= 0.6 is 11.6 Å². The minimum atomic E-state index is -0.382. The SMILES string of the molecule is COc1ccc(OC)c(C=NNC(=O)COc2ccc(Cl)cc2C)c1. The van der Waals surface area contributed by atoms with E-state index in [4.69, 9.17) is 25.8 Å². The first-order valence-electron chi connectivity index (χ1n) is 7.46. The maximum Gasteiger partial charge on any atom is 0.277 e. The normalized spacial score (nSPS) is 10.6. The number of nitrogens with zero attached hydrogens (tertiary/aromatic N) is 1. The van der Waals surface area contributed by atoms with Crippen LogP contribution in [0.15, 0.2) is 41.5 Å². The van der Waals surface area contributed by atoms with Gasteiger partial charge in [-0.3, -0.25) is 4.79 Å². The minimum absolute atomic E-state index is 0.158. The number of benzene rings is 2. The molecule has 0 unspecified atom stereocenters. The molecule has 7 heteroatoms. The summed E-state index contributed by atoms with van der Waals surface area (Å²) in [6.45, 7) is 1.70. The summed E-state index contributed by atoms with van der Waals surface area (Å²) in [5, 5.41) is 4.53. The first kappa shape index (κ1) is 18.6. The van der Waals surface area contributed by atoms with Crippen molar-refractivity contribution in [2.75, 3.05) is 20.8 Å². The fraction of sp³-hybridized carbons (Fsp3) is 0.222. The van der Waals surface area contributed by atoms with Gasteiger partial charge in [0.25, 0.3) is 5.91 Å². The molecule has 0 aliphatic heterocycles. The van der Waals surface area contributed by atoms with Crippen molar-refractivity contribution in [1.29, 1.82) is 0 Å². The number of hydrogen-bond acceptors (Lipinski definition) is 5. The monoisotopic (exact) mass is 362 g/mol. The van der Waals surface area contributed by atoms with Gasteiger partial charge in [-0.1, -0.05) is 11.6 Å². The van der Waals surface area contributed by atoms with Gasteiger partial charge in [-0.2, -0.15) is 5.10 Å². The molecule has 2 aromatic rings. The summed E-state index contributed by atoms with van der Waals surface area (Å²) in [7, 11) is 3.13. The van der Waals surface area contributed by atoms with Crippen LogP contribution in [0.4, 0.5) is 0 Å². The molecule has 0 heterocycles. The van der Waals surface area contributed by atoms with Gasteiger partial charge in [0, 0.05) is 10.6 Å². The minimum Gasteiger partial charge on any atom is -0.497 e. The Morgan fingerprint density at radius 3 is 2.60 bits per heavy atom. The summed E-state index contributed by atoms with van der Waals surface area (Å²) in [6.07, 6.45) is 1.48. The first-order chi connectivity index (χ1) is 12.0. The largest absolute Gasteiger partial charge is 0.497 e. The van der Waals surface area contributed by atoms with Gasteiger partial charge in [-0.15, -0.1) is 0 Å². The average Bonchev–Trinajstić information content (AvgIpc) is 2.60. The highest BCUT2D eigenvalue weighted by molar-refractivity contribution is 6.30. The van der Waals surface area contributed by atoms with E-state index in [1.807, 2.05) is 6.92 Å². The standard InChI is InChI=1S/C18H19ClN2O4/c1-12-8-14(19)4-6-16(12)25-11-18(22)21-20-10-13-9-15(23-2)5-7-17(13)24-3/h4-10H,11H2,1-3H3,(H,21,22). The Kier molecular flexibility index (Phi) is 6.65. The number of nitrogens with one attached hydrogen (secondary N) is 1. The third-order valence-corrected chi connectivity index (χ3v) is 3.56. The summed E-state index contributed by atoms with van der Waals surface area (Å²) < 4.78 is 15.8. The molecule has 25 heavy (non-hydrogen) atoms. The third-order valence-electron chi connectivity index (χ3n) is 3.33. The van der Waals surface area contributed by atoms with Gasteiger partial charge in [0.1, 0.15) is 17.2 Å². The molecule has 2 aromatic carbocycles. The van der Waals surface area contributed by atoms with Gasteiger partial charge < -0.3 is 14.2 Å². The number of ether oxygens (including phenoxy) is 3. The van der Waals surface area contributed by atoms with Crippen molar-refractivity contribution < 1.29 is 19.0 Å². The number of methoxy groups -OCH3 is 2. The predicted octanol–water partition coefficient (Wildman–Crippen LogP) is 3.19. The van der Waals surface area contributed by atoms with Crippen LogP contribution in [-0.2, 0) is 4.79 Å². The number of carbonyl (C=O) groups excluding carboxylic acids is 1. The van der Waals surface area contributed by atoms with Gasteiger partial charge in [0.05, 0.1) is 20.4 Å². The quantitative estimate of drug-likeness (QED) is 0.606.